The Hall–Kier alpha value is -1.48. The van der Waals surface area contributed by atoms with Gasteiger partial charge in [0.15, 0.2) is 11.5 Å². The minimum atomic E-state index is -0.580. The van der Waals surface area contributed by atoms with E-state index < -0.39 is 12.5 Å². The van der Waals surface area contributed by atoms with Crippen molar-refractivity contribution in [2.45, 2.75) is 142 Å². The van der Waals surface area contributed by atoms with Crippen molar-refractivity contribution < 1.29 is 20.4 Å². The topological polar surface area (TPSA) is 117 Å². The summed E-state index contributed by atoms with van der Waals surface area (Å²) < 4.78 is 0. The summed E-state index contributed by atoms with van der Waals surface area (Å²) in [5, 5.41) is 53.2. The van der Waals surface area contributed by atoms with Gasteiger partial charge in [0, 0.05) is 34.2 Å². The smallest absolute Gasteiger partial charge is 0.249 e. The first-order chi connectivity index (χ1) is 15.3. The van der Waals surface area contributed by atoms with Crippen LogP contribution in [0, 0.1) is 0 Å². The molecular weight excluding hydrogens is 432 g/mol. The fraction of sp³-hybridized carbons (Fsp3) is 0.846. The third-order valence-electron chi connectivity index (χ3n) is 7.94. The van der Waals surface area contributed by atoms with Crippen LogP contribution in [0.5, 0.6) is 11.5 Å². The van der Waals surface area contributed by atoms with Crippen molar-refractivity contribution >= 4 is 11.4 Å². The van der Waals surface area contributed by atoms with Crippen LogP contribution in [0.1, 0.15) is 94.9 Å². The molecule has 0 radical (unpaired) electrons. The van der Waals surface area contributed by atoms with E-state index in [9.17, 15) is 20.4 Å². The molecule has 8 heteroatoms. The van der Waals surface area contributed by atoms with Gasteiger partial charge in [-0.05, 0) is 94.9 Å². The summed E-state index contributed by atoms with van der Waals surface area (Å²) in [6.45, 7) is 20.3. The number of piperidine rings is 2. The molecule has 0 saturated carbocycles. The van der Waals surface area contributed by atoms with Crippen LogP contribution in [0.4, 0.5) is 11.4 Å². The van der Waals surface area contributed by atoms with E-state index in [1.807, 2.05) is 0 Å². The highest BCUT2D eigenvalue weighted by Crippen LogP contribution is 2.52. The number of aliphatic hydroxyl groups is 2. The quantitative estimate of drug-likeness (QED) is 0.461. The molecule has 1 aromatic carbocycles. The molecule has 0 bridgehead atoms. The Labute approximate surface area is 205 Å². The molecular formula is C26H46N4O4. The monoisotopic (exact) mass is 478 g/mol. The van der Waals surface area contributed by atoms with E-state index in [0.29, 0.717) is 25.7 Å². The largest absolute Gasteiger partial charge is 0.790 e. The second kappa shape index (κ2) is 8.57. The highest BCUT2D eigenvalue weighted by molar-refractivity contribution is 5.90. The highest BCUT2D eigenvalue weighted by Gasteiger charge is 2.50. The molecule has 0 aromatic heterocycles. The van der Waals surface area contributed by atoms with E-state index in [0.717, 1.165) is 0 Å². The molecule has 34 heavy (non-hydrogen) atoms. The van der Waals surface area contributed by atoms with Crippen LogP contribution in [-0.4, -0.2) is 66.7 Å². The zero-order valence-electron chi connectivity index (χ0n) is 22.7. The molecule has 0 spiro atoms. The average molecular weight is 479 g/mol. The standard InChI is InChI=1S/C26H46N4O4/c1-15(31)29-23(3,4)11-17(12-24(29,5)6)27-19-21(33)20(22(19)34)28-18-13-25(7,8)30(16(2)32)26(9,10)14-18/h15-18,27-28,31-32H,11-14H2,1-10H3. The van der Waals surface area contributed by atoms with E-state index in [4.69, 9.17) is 0 Å². The van der Waals surface area contributed by atoms with Crippen LogP contribution in [0.3, 0.4) is 0 Å². The van der Waals surface area contributed by atoms with Gasteiger partial charge in [0.25, 0.3) is 0 Å². The van der Waals surface area contributed by atoms with Gasteiger partial charge in [0.2, 0.25) is 11.4 Å². The predicted molar refractivity (Wildman–Crippen MR) is 133 cm³/mol. The van der Waals surface area contributed by atoms with Crippen molar-refractivity contribution in [1.82, 2.24) is 9.80 Å². The Morgan fingerprint density at radius 3 is 1.47 bits per heavy atom. The number of hydrogen-bond acceptors (Lipinski definition) is 8. The van der Waals surface area contributed by atoms with E-state index in [1.165, 1.54) is 0 Å². The number of anilines is 2. The van der Waals surface area contributed by atoms with E-state index >= 15 is 0 Å². The van der Waals surface area contributed by atoms with Gasteiger partial charge in [0.1, 0.15) is 12.5 Å². The molecule has 2 aliphatic rings. The number of nitrogens with zero attached hydrogens (tertiary/aromatic N) is 2. The fourth-order valence-corrected chi connectivity index (χ4v) is 7.88. The molecule has 2 heterocycles. The van der Waals surface area contributed by atoms with Crippen molar-refractivity contribution in [3.8, 4) is 11.5 Å². The molecule has 1 aromatic rings. The molecule has 0 amide bonds. The molecule has 194 valence electrons. The lowest BCUT2D eigenvalue weighted by molar-refractivity contribution is -0.287. The first-order valence-electron chi connectivity index (χ1n) is 12.6. The fourth-order valence-electron chi connectivity index (χ4n) is 7.88. The van der Waals surface area contributed by atoms with E-state index in [2.05, 4.69) is 75.8 Å². The van der Waals surface area contributed by atoms with Gasteiger partial charge < -0.3 is 31.1 Å². The molecule has 8 nitrogen and oxygen atoms in total. The van der Waals surface area contributed by atoms with E-state index in [-0.39, 0.29) is 57.1 Å². The normalized spacial score (nSPS) is 27.4. The number of aliphatic hydroxyl groups excluding tert-OH is 2. The van der Waals surface area contributed by atoms with Crippen molar-refractivity contribution in [2.24, 2.45) is 0 Å². The summed E-state index contributed by atoms with van der Waals surface area (Å²) >= 11 is 0. The zero-order valence-corrected chi connectivity index (χ0v) is 22.7. The summed E-state index contributed by atoms with van der Waals surface area (Å²) in [5.41, 5.74) is -0.810. The van der Waals surface area contributed by atoms with Gasteiger partial charge in [-0.15, -0.1) is 0 Å². The summed E-state index contributed by atoms with van der Waals surface area (Å²) in [6, 6.07) is -0.0619. The summed E-state index contributed by atoms with van der Waals surface area (Å²) in [7, 11) is 0. The third kappa shape index (κ3) is 4.79. The summed E-state index contributed by atoms with van der Waals surface area (Å²) in [5.74, 6) is -0.487. The minimum Gasteiger partial charge on any atom is -0.790 e. The third-order valence-corrected chi connectivity index (χ3v) is 7.94. The maximum absolute atomic E-state index is 13.0. The van der Waals surface area contributed by atoms with E-state index in [1.54, 1.807) is 13.8 Å². The predicted octanol–water partition coefficient (Wildman–Crippen LogP) is 2.82. The molecule has 2 saturated heterocycles. The summed E-state index contributed by atoms with van der Waals surface area (Å²) in [4.78, 5) is 4.21. The molecule has 2 unspecified atom stereocenters. The highest BCUT2D eigenvalue weighted by atomic mass is 16.3. The lowest BCUT2D eigenvalue weighted by Crippen LogP contribution is -2.65. The molecule has 2 fully saturated rings. The Bertz CT molecular complexity index is 745. The van der Waals surface area contributed by atoms with Gasteiger partial charge in [-0.3, -0.25) is 9.80 Å². The lowest BCUT2D eigenvalue weighted by Gasteiger charge is -2.56. The number of likely N-dealkylation sites (tertiary alicyclic amines) is 2. The van der Waals surface area contributed by atoms with Crippen molar-refractivity contribution in [3.63, 3.8) is 0 Å². The Morgan fingerprint density at radius 1 is 0.794 bits per heavy atom. The van der Waals surface area contributed by atoms with Crippen LogP contribution in [0.2, 0.25) is 0 Å². The molecule has 3 rings (SSSR count). The van der Waals surface area contributed by atoms with Crippen LogP contribution in [0.25, 0.3) is 0 Å². The van der Waals surface area contributed by atoms with Crippen LogP contribution in [-0.2, 0) is 0 Å². The van der Waals surface area contributed by atoms with Gasteiger partial charge in [-0.1, -0.05) is 0 Å². The van der Waals surface area contributed by atoms with Crippen molar-refractivity contribution in [2.75, 3.05) is 10.6 Å². The second-order valence-corrected chi connectivity index (χ2v) is 13.2. The Balaban J connectivity index is 1.73. The van der Waals surface area contributed by atoms with Crippen LogP contribution in [0.15, 0.2) is 0 Å². The molecule has 4 N–H and O–H groups in total. The Kier molecular flexibility index (Phi) is 6.84. The van der Waals surface area contributed by atoms with Crippen LogP contribution < -0.4 is 20.8 Å². The second-order valence-electron chi connectivity index (χ2n) is 13.2. The van der Waals surface area contributed by atoms with Crippen LogP contribution >= 0.6 is 0 Å². The minimum absolute atomic E-state index is 0.0309. The molecule has 2 atom stereocenters. The van der Waals surface area contributed by atoms with Gasteiger partial charge in [-0.25, -0.2) is 0 Å². The van der Waals surface area contributed by atoms with Gasteiger partial charge in [-0.2, -0.15) is 0 Å². The zero-order chi connectivity index (χ0) is 26.0. The maximum atomic E-state index is 13.0. The Morgan fingerprint density at radius 2 is 1.15 bits per heavy atom. The maximum Gasteiger partial charge on any atom is 0.249 e. The van der Waals surface area contributed by atoms with Gasteiger partial charge in [0.05, 0.1) is 0 Å². The van der Waals surface area contributed by atoms with Crippen molar-refractivity contribution in [3.05, 3.63) is 0 Å². The summed E-state index contributed by atoms with van der Waals surface area (Å²) in [6.07, 6.45) is 1.71. The lowest BCUT2D eigenvalue weighted by atomic mass is 9.76. The molecule has 2 aliphatic heterocycles. The van der Waals surface area contributed by atoms with Gasteiger partial charge >= 0.3 is 0 Å². The first-order valence-corrected chi connectivity index (χ1v) is 12.6. The van der Waals surface area contributed by atoms with Crippen molar-refractivity contribution in [1.29, 1.82) is 0 Å². The SMILES string of the molecule is CC(O)N1C(C)(C)CC(Nc2c([O-])[c+](NC3CC(C)(C)N(C(C)O)C(C)(C)C3)[c+]2[O-])CC1(C)C. The number of rotatable bonds is 6. The molecule has 0 aliphatic carbocycles. The number of hydrogen-bond donors (Lipinski definition) is 4. The average Bonchev–Trinajstić information content (AvgIpc) is 2.58. The first kappa shape index (κ1) is 27.1. The number of nitrogens with one attached hydrogen (secondary N) is 2.